The molecule has 5 heteroatoms. The van der Waals surface area contributed by atoms with Crippen molar-refractivity contribution in [2.45, 2.75) is 38.0 Å². The number of imidazole rings is 1. The second-order valence-corrected chi connectivity index (χ2v) is 7.01. The molecule has 0 aliphatic heterocycles. The summed E-state index contributed by atoms with van der Waals surface area (Å²) in [6, 6.07) is 16.0. The first kappa shape index (κ1) is 17.1. The van der Waals surface area contributed by atoms with Gasteiger partial charge in [0.05, 0.1) is 36.4 Å². The highest BCUT2D eigenvalue weighted by atomic mass is 16.5. The number of benzene rings is 2. The maximum Gasteiger partial charge on any atom is 0.328 e. The summed E-state index contributed by atoms with van der Waals surface area (Å²) < 4.78 is 9.26. The van der Waals surface area contributed by atoms with Gasteiger partial charge in [-0.1, -0.05) is 36.4 Å². The predicted molar refractivity (Wildman–Crippen MR) is 101 cm³/mol. The van der Waals surface area contributed by atoms with Gasteiger partial charge >= 0.3 is 5.69 Å². The fraction of sp³-hybridized carbons (Fsp3) is 0.381. The van der Waals surface area contributed by atoms with Crippen LogP contribution in [0.5, 0.6) is 0 Å². The Bertz CT molecular complexity index is 973. The van der Waals surface area contributed by atoms with Crippen molar-refractivity contribution in [1.29, 1.82) is 0 Å². The van der Waals surface area contributed by atoms with Crippen LogP contribution < -0.4 is 5.69 Å². The third-order valence-electron chi connectivity index (χ3n) is 5.25. The van der Waals surface area contributed by atoms with Gasteiger partial charge in [-0.2, -0.15) is 0 Å². The molecule has 0 fully saturated rings. The molecule has 1 N–H and O–H groups in total. The maximum atomic E-state index is 12.5. The van der Waals surface area contributed by atoms with Crippen LogP contribution in [-0.2, 0) is 24.8 Å². The summed E-state index contributed by atoms with van der Waals surface area (Å²) in [6.45, 7) is 0.448. The van der Waals surface area contributed by atoms with Crippen LogP contribution in [0.1, 0.15) is 30.1 Å². The van der Waals surface area contributed by atoms with Crippen molar-refractivity contribution >= 4 is 11.0 Å². The van der Waals surface area contributed by atoms with Gasteiger partial charge in [-0.15, -0.1) is 0 Å². The zero-order valence-corrected chi connectivity index (χ0v) is 15.0. The molecule has 26 heavy (non-hydrogen) atoms. The van der Waals surface area contributed by atoms with E-state index in [1.165, 1.54) is 11.1 Å². The zero-order chi connectivity index (χ0) is 18.1. The Kier molecular flexibility index (Phi) is 4.66. The molecule has 0 saturated heterocycles. The van der Waals surface area contributed by atoms with E-state index >= 15 is 0 Å². The fourth-order valence-electron chi connectivity index (χ4n) is 3.91. The second-order valence-electron chi connectivity index (χ2n) is 7.01. The average Bonchev–Trinajstić information content (AvgIpc) is 2.91. The van der Waals surface area contributed by atoms with E-state index in [0.717, 1.165) is 30.3 Å². The van der Waals surface area contributed by atoms with Crippen LogP contribution in [0.4, 0.5) is 0 Å². The lowest BCUT2D eigenvalue weighted by Gasteiger charge is -2.26. The number of aromatic nitrogens is 2. The number of hydrogen-bond acceptors (Lipinski definition) is 3. The SMILES string of the molecule is Cn1c(=O)n(C[C@@H](O)CO[C@@H]2CCCc3ccccc32)c2ccccc21. The van der Waals surface area contributed by atoms with Crippen LogP contribution in [0.25, 0.3) is 11.0 Å². The van der Waals surface area contributed by atoms with Gasteiger partial charge in [-0.25, -0.2) is 4.79 Å². The fourth-order valence-corrected chi connectivity index (χ4v) is 3.91. The van der Waals surface area contributed by atoms with Gasteiger partial charge in [-0.05, 0) is 42.5 Å². The van der Waals surface area contributed by atoms with Crippen molar-refractivity contribution in [2.24, 2.45) is 7.05 Å². The first-order chi connectivity index (χ1) is 12.6. The highest BCUT2D eigenvalue weighted by Crippen LogP contribution is 2.32. The smallest absolute Gasteiger partial charge is 0.328 e. The Balaban J connectivity index is 1.47. The lowest BCUT2D eigenvalue weighted by atomic mass is 9.89. The largest absolute Gasteiger partial charge is 0.389 e. The van der Waals surface area contributed by atoms with E-state index in [9.17, 15) is 9.90 Å². The first-order valence-corrected chi connectivity index (χ1v) is 9.17. The van der Waals surface area contributed by atoms with Crippen LogP contribution in [0, 0.1) is 0 Å². The quantitative estimate of drug-likeness (QED) is 0.768. The minimum Gasteiger partial charge on any atom is -0.389 e. The number of aliphatic hydroxyl groups is 1. The van der Waals surface area contributed by atoms with E-state index in [-0.39, 0.29) is 24.9 Å². The van der Waals surface area contributed by atoms with Gasteiger partial charge < -0.3 is 9.84 Å². The van der Waals surface area contributed by atoms with Gasteiger partial charge in [0.1, 0.15) is 0 Å². The minimum absolute atomic E-state index is 0.0267. The molecule has 2 aromatic carbocycles. The highest BCUT2D eigenvalue weighted by Gasteiger charge is 2.22. The van der Waals surface area contributed by atoms with Gasteiger partial charge in [0.25, 0.3) is 0 Å². The lowest BCUT2D eigenvalue weighted by molar-refractivity contribution is -0.0225. The summed E-state index contributed by atoms with van der Waals surface area (Å²) in [5.41, 5.74) is 4.15. The number of fused-ring (bicyclic) bond motifs is 2. The van der Waals surface area contributed by atoms with Crippen molar-refractivity contribution in [3.63, 3.8) is 0 Å². The summed E-state index contributed by atoms with van der Waals surface area (Å²) in [7, 11) is 1.75. The monoisotopic (exact) mass is 352 g/mol. The van der Waals surface area contributed by atoms with Crippen molar-refractivity contribution in [3.05, 3.63) is 70.1 Å². The Hall–Kier alpha value is -2.37. The molecule has 1 heterocycles. The molecule has 1 aliphatic carbocycles. The Morgan fingerprint density at radius 3 is 2.73 bits per heavy atom. The van der Waals surface area contributed by atoms with E-state index in [0.29, 0.717) is 0 Å². The number of aliphatic hydroxyl groups excluding tert-OH is 1. The van der Waals surface area contributed by atoms with Gasteiger partial charge in [-0.3, -0.25) is 9.13 Å². The maximum absolute atomic E-state index is 12.5. The van der Waals surface area contributed by atoms with E-state index in [1.54, 1.807) is 16.2 Å². The first-order valence-electron chi connectivity index (χ1n) is 9.17. The van der Waals surface area contributed by atoms with E-state index < -0.39 is 6.10 Å². The van der Waals surface area contributed by atoms with Crippen molar-refractivity contribution in [1.82, 2.24) is 9.13 Å². The number of para-hydroxylation sites is 2. The van der Waals surface area contributed by atoms with Crippen LogP contribution in [0.15, 0.2) is 53.3 Å². The normalized spacial score (nSPS) is 18.0. The number of nitrogens with zero attached hydrogens (tertiary/aromatic N) is 2. The number of rotatable bonds is 5. The summed E-state index contributed by atoms with van der Waals surface area (Å²) in [5, 5.41) is 10.5. The number of ether oxygens (including phenoxy) is 1. The highest BCUT2D eigenvalue weighted by molar-refractivity contribution is 5.75. The molecule has 1 aliphatic rings. The second kappa shape index (κ2) is 7.09. The molecule has 136 valence electrons. The number of hydrogen-bond donors (Lipinski definition) is 1. The van der Waals surface area contributed by atoms with Crippen LogP contribution in [0.3, 0.4) is 0 Å². The third-order valence-corrected chi connectivity index (χ3v) is 5.25. The van der Waals surface area contributed by atoms with Gasteiger partial charge in [0.2, 0.25) is 0 Å². The molecule has 2 atom stereocenters. The van der Waals surface area contributed by atoms with Gasteiger partial charge in [0.15, 0.2) is 0 Å². The van der Waals surface area contributed by atoms with E-state index in [4.69, 9.17) is 4.74 Å². The van der Waals surface area contributed by atoms with E-state index in [1.807, 2.05) is 30.3 Å². The van der Waals surface area contributed by atoms with Crippen LogP contribution in [-0.4, -0.2) is 27.0 Å². The molecule has 0 saturated carbocycles. The van der Waals surface area contributed by atoms with Crippen molar-refractivity contribution in [2.75, 3.05) is 6.61 Å². The zero-order valence-electron chi connectivity index (χ0n) is 15.0. The summed E-state index contributed by atoms with van der Waals surface area (Å²) in [6.07, 6.45) is 2.45. The summed E-state index contributed by atoms with van der Waals surface area (Å²) >= 11 is 0. The average molecular weight is 352 g/mol. The Morgan fingerprint density at radius 1 is 1.15 bits per heavy atom. The van der Waals surface area contributed by atoms with E-state index in [2.05, 4.69) is 18.2 Å². The molecule has 4 rings (SSSR count). The molecule has 5 nitrogen and oxygen atoms in total. The van der Waals surface area contributed by atoms with Crippen molar-refractivity contribution < 1.29 is 9.84 Å². The summed E-state index contributed by atoms with van der Waals surface area (Å²) in [4.78, 5) is 12.5. The molecule has 0 unspecified atom stereocenters. The molecular weight excluding hydrogens is 328 g/mol. The standard InChI is InChI=1S/C21H24N2O3/c1-22-18-10-4-5-11-19(18)23(21(22)25)13-16(24)14-26-20-12-6-8-15-7-2-3-9-17(15)20/h2-5,7,9-11,16,20,24H,6,8,12-14H2,1H3/t16-,20-/m1/s1. The van der Waals surface area contributed by atoms with Gasteiger partial charge in [0, 0.05) is 7.05 Å². The lowest BCUT2D eigenvalue weighted by Crippen LogP contribution is -2.30. The van der Waals surface area contributed by atoms with Crippen LogP contribution >= 0.6 is 0 Å². The topological polar surface area (TPSA) is 56.4 Å². The molecule has 0 amide bonds. The van der Waals surface area contributed by atoms with Crippen LogP contribution in [0.2, 0.25) is 0 Å². The summed E-state index contributed by atoms with van der Waals surface area (Å²) in [5.74, 6) is 0. The molecule has 3 aromatic rings. The Labute approximate surface area is 152 Å². The Morgan fingerprint density at radius 2 is 1.88 bits per heavy atom. The predicted octanol–water partition coefficient (Wildman–Crippen LogP) is 2.80. The minimum atomic E-state index is -0.729. The molecule has 0 spiro atoms. The molecule has 0 radical (unpaired) electrons. The third kappa shape index (κ3) is 3.08. The van der Waals surface area contributed by atoms with Crippen molar-refractivity contribution in [3.8, 4) is 0 Å². The molecule has 0 bridgehead atoms. The molecular formula is C21H24N2O3. The molecule has 1 aromatic heterocycles. The number of aryl methyl sites for hydroxylation is 2.